The van der Waals surface area contributed by atoms with E-state index in [0.29, 0.717) is 6.42 Å². The summed E-state index contributed by atoms with van der Waals surface area (Å²) in [6.45, 7) is 0.603. The maximum atomic E-state index is 12.6. The van der Waals surface area contributed by atoms with E-state index in [0.717, 1.165) is 23.5 Å². The van der Waals surface area contributed by atoms with Crippen LogP contribution in [0.5, 0.6) is 0 Å². The van der Waals surface area contributed by atoms with Crippen molar-refractivity contribution in [1.29, 1.82) is 0 Å². The third kappa shape index (κ3) is 6.09. The second kappa shape index (κ2) is 10.3. The Kier molecular flexibility index (Phi) is 7.25. The fraction of sp³-hybridized carbons (Fsp3) is 0.208. The van der Waals surface area contributed by atoms with Crippen molar-refractivity contribution < 1.29 is 9.90 Å². The molecule has 0 saturated carbocycles. The summed E-state index contributed by atoms with van der Waals surface area (Å²) in [5, 5.41) is 15.4. The molecule has 1 atom stereocenters. The molecule has 0 heterocycles. The minimum absolute atomic E-state index is 0.127. The largest absolute Gasteiger partial charge is 0.394 e. The van der Waals surface area contributed by atoms with E-state index in [9.17, 15) is 9.90 Å². The predicted molar refractivity (Wildman–Crippen MR) is 118 cm³/mol. The van der Waals surface area contributed by atoms with Gasteiger partial charge in [-0.05, 0) is 29.7 Å². The smallest absolute Gasteiger partial charge is 0.319 e. The summed E-state index contributed by atoms with van der Waals surface area (Å²) in [6.07, 6.45) is 0.570. The van der Waals surface area contributed by atoms with Gasteiger partial charge in [0.2, 0.25) is 0 Å². The number of para-hydroxylation sites is 2. The number of carbonyl (C=O) groups is 1. The second-order valence-corrected chi connectivity index (χ2v) is 7.03. The lowest BCUT2D eigenvalue weighted by molar-refractivity contribution is 0.224. The molecule has 5 nitrogen and oxygen atoms in total. The van der Waals surface area contributed by atoms with Gasteiger partial charge in [-0.3, -0.25) is 0 Å². The number of anilines is 2. The summed E-state index contributed by atoms with van der Waals surface area (Å²) in [4.78, 5) is 14.6. The number of hydrogen-bond donors (Lipinski definition) is 3. The van der Waals surface area contributed by atoms with Crippen molar-refractivity contribution in [3.05, 3.63) is 96.1 Å². The molecule has 2 amide bonds. The van der Waals surface area contributed by atoms with Gasteiger partial charge in [-0.2, -0.15) is 0 Å². The molecule has 3 aromatic rings. The summed E-state index contributed by atoms with van der Waals surface area (Å²) in [5.41, 5.74) is 3.90. The minimum atomic E-state index is -0.355. The highest BCUT2D eigenvalue weighted by Gasteiger charge is 2.14. The molecule has 3 rings (SSSR count). The lowest BCUT2D eigenvalue weighted by Gasteiger charge is -2.23. The zero-order chi connectivity index (χ0) is 20.5. The average molecular weight is 389 g/mol. The first kappa shape index (κ1) is 20.4. The monoisotopic (exact) mass is 389 g/mol. The van der Waals surface area contributed by atoms with E-state index in [2.05, 4.69) is 27.7 Å². The number of aliphatic hydroxyl groups is 1. The normalized spacial score (nSPS) is 11.5. The van der Waals surface area contributed by atoms with Crippen LogP contribution in [-0.2, 0) is 13.0 Å². The fourth-order valence-corrected chi connectivity index (χ4v) is 3.26. The number of carbonyl (C=O) groups excluding carboxylic acids is 1. The van der Waals surface area contributed by atoms with Crippen LogP contribution < -0.4 is 15.5 Å². The number of aliphatic hydroxyl groups excluding tert-OH is 1. The third-order valence-electron chi connectivity index (χ3n) is 4.71. The van der Waals surface area contributed by atoms with E-state index in [1.165, 1.54) is 5.56 Å². The molecular formula is C24H27N3O2. The zero-order valence-electron chi connectivity index (χ0n) is 16.6. The van der Waals surface area contributed by atoms with E-state index >= 15 is 0 Å². The number of amides is 2. The van der Waals surface area contributed by atoms with Crippen molar-refractivity contribution in [2.75, 3.05) is 23.9 Å². The van der Waals surface area contributed by atoms with Crippen LogP contribution in [0.3, 0.4) is 0 Å². The molecule has 5 heteroatoms. The molecule has 0 aliphatic heterocycles. The van der Waals surface area contributed by atoms with Crippen molar-refractivity contribution in [1.82, 2.24) is 5.32 Å². The van der Waals surface area contributed by atoms with Crippen LogP contribution in [0, 0.1) is 0 Å². The van der Waals surface area contributed by atoms with Gasteiger partial charge in [-0.25, -0.2) is 4.79 Å². The van der Waals surface area contributed by atoms with Gasteiger partial charge >= 0.3 is 6.03 Å². The van der Waals surface area contributed by atoms with Crippen molar-refractivity contribution in [3.63, 3.8) is 0 Å². The highest BCUT2D eigenvalue weighted by Crippen LogP contribution is 2.25. The van der Waals surface area contributed by atoms with E-state index < -0.39 is 0 Å². The van der Waals surface area contributed by atoms with Crippen LogP contribution in [0.15, 0.2) is 84.9 Å². The number of benzene rings is 3. The number of hydrogen-bond acceptors (Lipinski definition) is 3. The number of rotatable bonds is 8. The standard InChI is InChI=1S/C24H27N3O2/c1-27(17-20-12-6-3-7-13-20)23-15-9-8-14-22(23)26-24(29)25-21(18-28)16-19-10-4-2-5-11-19/h2-15,21,28H,16-18H2,1H3,(H2,25,26,29). The van der Waals surface area contributed by atoms with E-state index in [1.807, 2.05) is 79.8 Å². The number of nitrogens with zero attached hydrogens (tertiary/aromatic N) is 1. The van der Waals surface area contributed by atoms with Crippen LogP contribution in [0.25, 0.3) is 0 Å². The molecule has 0 aliphatic rings. The Morgan fingerprint density at radius 1 is 0.897 bits per heavy atom. The Balaban J connectivity index is 1.64. The van der Waals surface area contributed by atoms with Gasteiger partial charge in [-0.1, -0.05) is 72.8 Å². The Labute approximate surface area is 172 Å². The van der Waals surface area contributed by atoms with Crippen molar-refractivity contribution >= 4 is 17.4 Å². The number of nitrogens with one attached hydrogen (secondary N) is 2. The van der Waals surface area contributed by atoms with Crippen LogP contribution in [-0.4, -0.2) is 30.8 Å². The maximum absolute atomic E-state index is 12.6. The van der Waals surface area contributed by atoms with Crippen LogP contribution >= 0.6 is 0 Å². The molecule has 0 aliphatic carbocycles. The average Bonchev–Trinajstić information content (AvgIpc) is 2.75. The molecule has 0 fully saturated rings. The van der Waals surface area contributed by atoms with E-state index in [-0.39, 0.29) is 18.7 Å². The molecule has 0 aromatic heterocycles. The topological polar surface area (TPSA) is 64.6 Å². The highest BCUT2D eigenvalue weighted by molar-refractivity contribution is 5.93. The van der Waals surface area contributed by atoms with Crippen molar-refractivity contribution in [3.8, 4) is 0 Å². The van der Waals surface area contributed by atoms with Gasteiger partial charge < -0.3 is 20.6 Å². The summed E-state index contributed by atoms with van der Waals surface area (Å²) in [7, 11) is 2.00. The Morgan fingerprint density at radius 2 is 1.48 bits per heavy atom. The first-order valence-electron chi connectivity index (χ1n) is 9.72. The Hall–Kier alpha value is -3.31. The van der Waals surface area contributed by atoms with Crippen molar-refractivity contribution in [2.45, 2.75) is 19.0 Å². The molecule has 0 saturated heterocycles. The second-order valence-electron chi connectivity index (χ2n) is 7.03. The SMILES string of the molecule is CN(Cc1ccccc1)c1ccccc1NC(=O)NC(CO)Cc1ccccc1. The molecule has 0 spiro atoms. The lowest BCUT2D eigenvalue weighted by Crippen LogP contribution is -2.41. The first-order valence-corrected chi connectivity index (χ1v) is 9.72. The first-order chi connectivity index (χ1) is 14.2. The van der Waals surface area contributed by atoms with E-state index in [1.54, 1.807) is 0 Å². The molecular weight excluding hydrogens is 362 g/mol. The van der Waals surface area contributed by atoms with Gasteiger partial charge in [0.15, 0.2) is 0 Å². The summed E-state index contributed by atoms with van der Waals surface area (Å²) >= 11 is 0. The van der Waals surface area contributed by atoms with Crippen LogP contribution in [0.1, 0.15) is 11.1 Å². The van der Waals surface area contributed by atoms with Gasteiger partial charge in [0.05, 0.1) is 24.0 Å². The van der Waals surface area contributed by atoms with Gasteiger partial charge in [0.25, 0.3) is 0 Å². The van der Waals surface area contributed by atoms with E-state index in [4.69, 9.17) is 0 Å². The summed E-state index contributed by atoms with van der Waals surface area (Å²) < 4.78 is 0. The summed E-state index contributed by atoms with van der Waals surface area (Å²) in [5.74, 6) is 0. The van der Waals surface area contributed by atoms with Gasteiger partial charge in [0.1, 0.15) is 0 Å². The molecule has 29 heavy (non-hydrogen) atoms. The predicted octanol–water partition coefficient (Wildman–Crippen LogP) is 4.05. The molecule has 3 N–H and O–H groups in total. The van der Waals surface area contributed by atoms with Gasteiger partial charge in [0, 0.05) is 13.6 Å². The van der Waals surface area contributed by atoms with Crippen LogP contribution in [0.4, 0.5) is 16.2 Å². The lowest BCUT2D eigenvalue weighted by atomic mass is 10.1. The summed E-state index contributed by atoms with van der Waals surface area (Å²) in [6, 6.07) is 27.0. The quantitative estimate of drug-likeness (QED) is 0.545. The highest BCUT2D eigenvalue weighted by atomic mass is 16.3. The van der Waals surface area contributed by atoms with Gasteiger partial charge in [-0.15, -0.1) is 0 Å². The fourth-order valence-electron chi connectivity index (χ4n) is 3.26. The zero-order valence-corrected chi connectivity index (χ0v) is 16.6. The third-order valence-corrected chi connectivity index (χ3v) is 4.71. The molecule has 150 valence electrons. The Bertz CT molecular complexity index is 900. The number of urea groups is 1. The molecule has 3 aromatic carbocycles. The Morgan fingerprint density at radius 3 is 2.14 bits per heavy atom. The molecule has 0 bridgehead atoms. The molecule has 1 unspecified atom stereocenters. The minimum Gasteiger partial charge on any atom is -0.394 e. The maximum Gasteiger partial charge on any atom is 0.319 e. The van der Waals surface area contributed by atoms with Crippen molar-refractivity contribution in [2.24, 2.45) is 0 Å². The molecule has 0 radical (unpaired) electrons. The van der Waals surface area contributed by atoms with Crippen LogP contribution in [0.2, 0.25) is 0 Å².